The number of hydrogen-bond acceptors (Lipinski definition) is 1. The van der Waals surface area contributed by atoms with Crippen molar-refractivity contribution >= 4 is 16.8 Å². The second kappa shape index (κ2) is 3.49. The van der Waals surface area contributed by atoms with Crippen LogP contribution in [0.4, 0.5) is 4.39 Å². The Hall–Kier alpha value is -0.890. The molecule has 0 aliphatic carbocycles. The average molecular weight is 172 g/mol. The van der Waals surface area contributed by atoms with Gasteiger partial charge < -0.3 is 0 Å². The van der Waals surface area contributed by atoms with E-state index in [1.54, 1.807) is 19.2 Å². The molecule has 1 aromatic rings. The molecule has 0 atom stereocenters. The molecule has 1 aromatic carbocycles. The molecule has 0 spiro atoms. The normalized spacial score (nSPS) is 11.7. The quantitative estimate of drug-likeness (QED) is 0.576. The van der Waals surface area contributed by atoms with E-state index in [0.29, 0.717) is 5.17 Å². The predicted molar refractivity (Wildman–Crippen MR) is 44.7 cm³/mol. The third kappa shape index (κ3) is 2.02. The molecule has 0 aliphatic rings. The molecule has 58 valence electrons. The highest BCUT2D eigenvalue weighted by molar-refractivity contribution is 6.69. The maximum absolute atomic E-state index is 12.4. The van der Waals surface area contributed by atoms with Gasteiger partial charge in [0.1, 0.15) is 11.0 Å². The molecule has 0 bridgehead atoms. The minimum Gasteiger partial charge on any atom is -0.276 e. The predicted octanol–water partition coefficient (Wildman–Crippen LogP) is 2.44. The van der Waals surface area contributed by atoms with Gasteiger partial charge in [0.25, 0.3) is 0 Å². The lowest BCUT2D eigenvalue weighted by atomic mass is 10.2. The van der Waals surface area contributed by atoms with E-state index in [4.69, 9.17) is 11.6 Å². The summed E-state index contributed by atoms with van der Waals surface area (Å²) < 4.78 is 12.4. The maximum atomic E-state index is 12.4. The number of rotatable bonds is 1. The number of nitrogens with zero attached hydrogens (tertiary/aromatic N) is 1. The molecule has 0 radical (unpaired) electrons. The largest absolute Gasteiger partial charge is 0.276 e. The Balaban J connectivity index is 2.99. The first-order valence-electron chi connectivity index (χ1n) is 3.12. The second-order valence-corrected chi connectivity index (χ2v) is 2.38. The van der Waals surface area contributed by atoms with Gasteiger partial charge in [0, 0.05) is 12.6 Å². The van der Waals surface area contributed by atoms with Crippen molar-refractivity contribution in [3.05, 3.63) is 35.6 Å². The zero-order chi connectivity index (χ0) is 8.27. The first-order chi connectivity index (χ1) is 5.24. The summed E-state index contributed by atoms with van der Waals surface area (Å²) in [6.45, 7) is 0. The molecular formula is C8H7ClFN. The van der Waals surface area contributed by atoms with Gasteiger partial charge in [-0.3, -0.25) is 4.99 Å². The van der Waals surface area contributed by atoms with Gasteiger partial charge in [-0.05, 0) is 24.3 Å². The van der Waals surface area contributed by atoms with Crippen LogP contribution in [-0.4, -0.2) is 12.2 Å². The van der Waals surface area contributed by atoms with Crippen LogP contribution in [0.15, 0.2) is 29.3 Å². The van der Waals surface area contributed by atoms with Gasteiger partial charge in [0.05, 0.1) is 0 Å². The van der Waals surface area contributed by atoms with E-state index >= 15 is 0 Å². The standard InChI is InChI=1S/C8H7ClFN/c1-11-8(9)6-2-4-7(10)5-3-6/h2-5H,1H3/b11-8-. The van der Waals surface area contributed by atoms with Crippen LogP contribution < -0.4 is 0 Å². The molecule has 0 saturated heterocycles. The fourth-order valence-electron chi connectivity index (χ4n) is 0.717. The number of halogens is 2. The summed E-state index contributed by atoms with van der Waals surface area (Å²) in [7, 11) is 1.59. The number of aliphatic imine (C=N–C) groups is 1. The van der Waals surface area contributed by atoms with Crippen LogP contribution in [0, 0.1) is 5.82 Å². The summed E-state index contributed by atoms with van der Waals surface area (Å²) in [4.78, 5) is 3.75. The van der Waals surface area contributed by atoms with E-state index in [9.17, 15) is 4.39 Å². The monoisotopic (exact) mass is 171 g/mol. The van der Waals surface area contributed by atoms with E-state index in [-0.39, 0.29) is 5.82 Å². The summed E-state index contributed by atoms with van der Waals surface area (Å²) >= 11 is 5.67. The summed E-state index contributed by atoms with van der Waals surface area (Å²) in [6.07, 6.45) is 0. The number of hydrogen-bond donors (Lipinski definition) is 0. The Labute approximate surface area is 69.5 Å². The minimum absolute atomic E-state index is 0.269. The molecule has 1 nitrogen and oxygen atoms in total. The van der Waals surface area contributed by atoms with Crippen LogP contribution in [-0.2, 0) is 0 Å². The van der Waals surface area contributed by atoms with Gasteiger partial charge >= 0.3 is 0 Å². The summed E-state index contributed by atoms with van der Waals surface area (Å²) in [5.41, 5.74) is 0.732. The van der Waals surface area contributed by atoms with E-state index in [0.717, 1.165) is 5.56 Å². The van der Waals surface area contributed by atoms with Gasteiger partial charge in [-0.1, -0.05) is 11.6 Å². The Morgan fingerprint density at radius 1 is 1.36 bits per heavy atom. The molecule has 11 heavy (non-hydrogen) atoms. The Morgan fingerprint density at radius 3 is 2.36 bits per heavy atom. The Morgan fingerprint density at radius 2 is 1.91 bits per heavy atom. The molecule has 0 heterocycles. The third-order valence-corrected chi connectivity index (χ3v) is 1.67. The lowest BCUT2D eigenvalue weighted by Gasteiger charge is -1.95. The molecule has 3 heteroatoms. The van der Waals surface area contributed by atoms with Crippen molar-refractivity contribution in [2.45, 2.75) is 0 Å². The van der Waals surface area contributed by atoms with Crippen LogP contribution in [0.1, 0.15) is 5.56 Å². The lowest BCUT2D eigenvalue weighted by Crippen LogP contribution is -1.89. The van der Waals surface area contributed by atoms with E-state index < -0.39 is 0 Å². The molecule has 0 aromatic heterocycles. The maximum Gasteiger partial charge on any atom is 0.130 e. The average Bonchev–Trinajstić information content (AvgIpc) is 2.05. The van der Waals surface area contributed by atoms with Gasteiger partial charge in [-0.25, -0.2) is 4.39 Å². The van der Waals surface area contributed by atoms with Crippen LogP contribution in [0.5, 0.6) is 0 Å². The van der Waals surface area contributed by atoms with E-state index in [1.165, 1.54) is 12.1 Å². The van der Waals surface area contributed by atoms with Gasteiger partial charge in [-0.2, -0.15) is 0 Å². The van der Waals surface area contributed by atoms with Gasteiger partial charge in [0.15, 0.2) is 0 Å². The fourth-order valence-corrected chi connectivity index (χ4v) is 0.843. The zero-order valence-corrected chi connectivity index (χ0v) is 6.77. The van der Waals surface area contributed by atoms with Crippen molar-refractivity contribution in [3.8, 4) is 0 Å². The first-order valence-corrected chi connectivity index (χ1v) is 3.50. The van der Waals surface area contributed by atoms with E-state index in [2.05, 4.69) is 4.99 Å². The smallest absolute Gasteiger partial charge is 0.130 e. The Bertz CT molecular complexity index is 266. The molecule has 0 amide bonds. The lowest BCUT2D eigenvalue weighted by molar-refractivity contribution is 0.628. The highest BCUT2D eigenvalue weighted by Crippen LogP contribution is 2.06. The summed E-state index contributed by atoms with van der Waals surface area (Å²) in [5.74, 6) is -0.269. The Kier molecular flexibility index (Phi) is 2.60. The SMILES string of the molecule is C/N=C(\Cl)c1ccc(F)cc1. The van der Waals surface area contributed by atoms with Crippen molar-refractivity contribution in [1.82, 2.24) is 0 Å². The molecule has 0 saturated carbocycles. The minimum atomic E-state index is -0.269. The first kappa shape index (κ1) is 8.21. The van der Waals surface area contributed by atoms with E-state index in [1.807, 2.05) is 0 Å². The second-order valence-electron chi connectivity index (χ2n) is 2.02. The van der Waals surface area contributed by atoms with Gasteiger partial charge in [0.2, 0.25) is 0 Å². The van der Waals surface area contributed by atoms with Crippen molar-refractivity contribution in [3.63, 3.8) is 0 Å². The van der Waals surface area contributed by atoms with Crippen molar-refractivity contribution in [1.29, 1.82) is 0 Å². The summed E-state index contributed by atoms with van der Waals surface area (Å²) in [5, 5.41) is 0.394. The van der Waals surface area contributed by atoms with Crippen LogP contribution >= 0.6 is 11.6 Å². The molecular weight excluding hydrogens is 165 g/mol. The molecule has 0 aliphatic heterocycles. The highest BCUT2D eigenvalue weighted by atomic mass is 35.5. The molecule has 0 N–H and O–H groups in total. The molecule has 0 unspecified atom stereocenters. The fraction of sp³-hybridized carbons (Fsp3) is 0.125. The van der Waals surface area contributed by atoms with Gasteiger partial charge in [-0.15, -0.1) is 0 Å². The molecule has 1 rings (SSSR count). The van der Waals surface area contributed by atoms with Crippen LogP contribution in [0.25, 0.3) is 0 Å². The van der Waals surface area contributed by atoms with Crippen molar-refractivity contribution in [2.75, 3.05) is 7.05 Å². The van der Waals surface area contributed by atoms with Crippen LogP contribution in [0.3, 0.4) is 0 Å². The topological polar surface area (TPSA) is 12.4 Å². The van der Waals surface area contributed by atoms with Crippen LogP contribution in [0.2, 0.25) is 0 Å². The summed E-state index contributed by atoms with van der Waals surface area (Å²) in [6, 6.07) is 5.88. The zero-order valence-electron chi connectivity index (χ0n) is 6.01. The number of benzene rings is 1. The van der Waals surface area contributed by atoms with Crippen molar-refractivity contribution < 1.29 is 4.39 Å². The third-order valence-electron chi connectivity index (χ3n) is 1.28. The molecule has 0 fully saturated rings. The highest BCUT2D eigenvalue weighted by Gasteiger charge is 1.96. The van der Waals surface area contributed by atoms with Crippen molar-refractivity contribution in [2.24, 2.45) is 4.99 Å².